The molecule has 0 spiro atoms. The standard InChI is InChI=1S/C15H25NO8.C14H28O5.C13H26O5.C13H28O4.C12H17NO2.C11H15NO3.C11H24O4.C10H13NO3.C9H11NO3/c1-20-7-3-9-22-15(23-10-4-8-21-2)11-14(19)24-16-12(17)5-6-13(16)18;1-4-7-13(15)12-14(18-10-5-8-16-2)19-11-6-9-17-3;1-4-12(14)11-13(17-9-5-7-15-2)18-10-6-8-16-3;1-4-5-8-13(16-11-6-9-14-2)17-12-7-10-15-3;1-9-2-4-10(5-3-9)8-13-11(14)6-7-12(13)15;1-2-3-4-9(13)7-8-12-10(14)5-6-11(12)15;1-4-11(14-9-5-7-12-2)15-10-6-8-13-3;1-2-3-8(12)6-7-11-9(13)4-5-10(11)14;1-2-7(11)5-6-10-8(12)3-4-9(10)13/h15H,3-11H2,1-2H3;14H,4-12H2,1-3H3;13H,4-11H2,1-3H3;13H,4-12H2,1-3H3;6-7,9-10H,2-5,8H2,1H3;5-6H,2-4,7-8H2,1H3;11H,4-10H2,1-3H3;4-5H,2-3,6-7H2,1H3;3-4H,2,5-6H2,1H3. The van der Waals surface area contributed by atoms with Crippen molar-refractivity contribution in [3.8, 4) is 0 Å². The summed E-state index contributed by atoms with van der Waals surface area (Å²) in [5.74, 6) is -2.06. The molecule has 0 aromatic rings. The van der Waals surface area contributed by atoms with E-state index >= 15 is 0 Å². The minimum atomic E-state index is -0.820. The van der Waals surface area contributed by atoms with Gasteiger partial charge in [0, 0.05) is 276 Å². The van der Waals surface area contributed by atoms with E-state index in [1.807, 2.05) is 27.7 Å². The second-order valence-corrected chi connectivity index (χ2v) is 35.0. The highest BCUT2D eigenvalue weighted by Crippen LogP contribution is 2.30. The van der Waals surface area contributed by atoms with E-state index in [9.17, 15) is 76.7 Å². The number of hydrogen-bond acceptors (Lipinski definition) is 37. The third kappa shape index (κ3) is 81.4. The van der Waals surface area contributed by atoms with Crippen LogP contribution in [0.1, 0.15) is 280 Å². The summed E-state index contributed by atoms with van der Waals surface area (Å²) >= 11 is 0. The van der Waals surface area contributed by atoms with Gasteiger partial charge in [-0.1, -0.05) is 81.1 Å². The van der Waals surface area contributed by atoms with Crippen LogP contribution in [0.4, 0.5) is 0 Å². The minimum Gasteiger partial charge on any atom is -0.385 e. The Kier molecular flexibility index (Phi) is 99.6. The number of methoxy groups -OCH3 is 10. The van der Waals surface area contributed by atoms with Crippen molar-refractivity contribution in [3.63, 3.8) is 0 Å². The molecule has 42 nitrogen and oxygen atoms in total. The molecular weight excluding hydrogens is 1960 g/mol. The molecular formula is C108H187N5O37. The average molecular weight is 2150 g/mol. The molecule has 5 heterocycles. The van der Waals surface area contributed by atoms with Crippen molar-refractivity contribution in [2.45, 2.75) is 312 Å². The summed E-state index contributed by atoms with van der Waals surface area (Å²) in [6.07, 6.45) is 32.8. The highest BCUT2D eigenvalue weighted by atomic mass is 16.7. The Morgan fingerprint density at radius 1 is 0.273 bits per heavy atom. The summed E-state index contributed by atoms with van der Waals surface area (Å²) in [5, 5.41) is 0.509. The lowest BCUT2D eigenvalue weighted by Crippen LogP contribution is -2.35. The van der Waals surface area contributed by atoms with E-state index in [1.165, 1.54) is 72.8 Å². The van der Waals surface area contributed by atoms with E-state index in [-0.39, 0.29) is 147 Å². The molecule has 150 heavy (non-hydrogen) atoms. The van der Waals surface area contributed by atoms with Crippen molar-refractivity contribution in [1.29, 1.82) is 0 Å². The van der Waals surface area contributed by atoms with Gasteiger partial charge in [0.1, 0.15) is 28.9 Å². The number of amides is 10. The van der Waals surface area contributed by atoms with E-state index in [2.05, 4.69) is 20.8 Å². The number of hydrogen-bond donors (Lipinski definition) is 0. The van der Waals surface area contributed by atoms with Gasteiger partial charge in [0.15, 0.2) is 31.5 Å². The zero-order valence-electron chi connectivity index (χ0n) is 93.7. The molecule has 42 heteroatoms. The molecule has 0 unspecified atom stereocenters. The summed E-state index contributed by atoms with van der Waals surface area (Å²) in [7, 11) is 16.6. The molecule has 1 saturated carbocycles. The fraction of sp³-hybridized carbons (Fsp3) is 0.778. The van der Waals surface area contributed by atoms with Gasteiger partial charge in [-0.15, -0.1) is 5.06 Å². The number of rotatable bonds is 81. The maximum absolute atomic E-state index is 11.9. The Bertz CT molecular complexity index is 3560. The molecule has 1 saturated heterocycles. The van der Waals surface area contributed by atoms with Crippen molar-refractivity contribution >= 4 is 94.0 Å². The van der Waals surface area contributed by atoms with Gasteiger partial charge in [0.05, 0.1) is 85.3 Å². The van der Waals surface area contributed by atoms with Gasteiger partial charge in [-0.3, -0.25) is 91.5 Å². The number of unbranched alkanes of at least 4 members (excludes halogenated alkanes) is 2. The summed E-state index contributed by atoms with van der Waals surface area (Å²) in [6, 6.07) is 0. The Labute approximate surface area is 892 Å². The molecule has 0 atom stereocenters. The maximum atomic E-state index is 11.9. The van der Waals surface area contributed by atoms with E-state index < -0.39 is 36.7 Å². The average Bonchev–Trinajstić information content (AvgIpc) is 1.71. The Hall–Kier alpha value is -8.32. The summed E-state index contributed by atoms with van der Waals surface area (Å²) in [6.45, 7) is 29.5. The van der Waals surface area contributed by atoms with Gasteiger partial charge in [-0.25, -0.2) is 4.79 Å². The van der Waals surface area contributed by atoms with E-state index in [4.69, 9.17) is 99.6 Å². The van der Waals surface area contributed by atoms with Crippen LogP contribution in [-0.4, -0.2) is 379 Å². The first-order valence-electron chi connectivity index (χ1n) is 53.2. The van der Waals surface area contributed by atoms with Crippen LogP contribution in [-0.2, 0) is 176 Å². The van der Waals surface area contributed by atoms with Crippen molar-refractivity contribution in [3.05, 3.63) is 48.6 Å². The fourth-order valence-corrected chi connectivity index (χ4v) is 13.5. The first-order chi connectivity index (χ1) is 72.4. The van der Waals surface area contributed by atoms with Gasteiger partial charge < -0.3 is 99.6 Å². The first kappa shape index (κ1) is 146. The Balaban J connectivity index is -0.00000163. The normalized spacial score (nSPS) is 14.9. The largest absolute Gasteiger partial charge is 0.385 e. The molecule has 1 aliphatic carbocycles. The number of carbonyl (C=O) groups excluding carboxylic acids is 16. The second-order valence-electron chi connectivity index (χ2n) is 35.0. The lowest BCUT2D eigenvalue weighted by Gasteiger charge is -2.28. The third-order valence-corrected chi connectivity index (χ3v) is 22.1. The summed E-state index contributed by atoms with van der Waals surface area (Å²) in [4.78, 5) is 190. The van der Waals surface area contributed by atoms with Crippen LogP contribution in [0.3, 0.4) is 0 Å². The lowest BCUT2D eigenvalue weighted by molar-refractivity contribution is -0.207. The quantitative estimate of drug-likeness (QED) is 0.0310. The molecule has 0 radical (unpaired) electrons. The number of carbonyl (C=O) groups is 16. The summed E-state index contributed by atoms with van der Waals surface area (Å²) in [5.41, 5.74) is 0. The summed E-state index contributed by atoms with van der Waals surface area (Å²) < 4.78 is 105. The SMILES string of the molecule is CC1CCC(CN2C(=O)C=CC2=O)CC1.CCC(=O)CC(OCCCOC)OCCCOC.CCC(=O)CCN1C(=O)C=CC1=O.CCC(OCCCOC)OCCCOC.CCCC(=O)CC(OCCCOC)OCCCOC.CCCC(=O)CCN1C(=O)C=CC1=O.CCCCC(=O)CCN1C(=O)C=CC1=O.CCCCC(OCCCOC)OCCCOC.COCCCOC(CC(=O)ON1C(=O)CCC1=O)OCCCOC. The van der Waals surface area contributed by atoms with Gasteiger partial charge in [0.25, 0.3) is 59.1 Å². The molecule has 5 aliphatic heterocycles. The molecule has 0 aromatic carbocycles. The molecule has 2 fully saturated rings. The zero-order chi connectivity index (χ0) is 112. The van der Waals surface area contributed by atoms with Crippen LogP contribution >= 0.6 is 0 Å². The molecule has 0 aromatic heterocycles. The van der Waals surface area contributed by atoms with Crippen molar-refractivity contribution < 1.29 is 176 Å². The van der Waals surface area contributed by atoms with Crippen LogP contribution in [0.15, 0.2) is 48.6 Å². The van der Waals surface area contributed by atoms with Crippen LogP contribution in [0, 0.1) is 11.8 Å². The van der Waals surface area contributed by atoms with Crippen LogP contribution in [0.2, 0.25) is 0 Å². The van der Waals surface area contributed by atoms with Crippen molar-refractivity contribution in [2.75, 3.05) is 229 Å². The molecule has 866 valence electrons. The molecule has 10 amide bonds. The predicted molar refractivity (Wildman–Crippen MR) is 558 cm³/mol. The fourth-order valence-electron chi connectivity index (χ4n) is 13.5. The smallest absolute Gasteiger partial charge is 0.338 e. The van der Waals surface area contributed by atoms with Gasteiger partial charge >= 0.3 is 5.97 Å². The highest BCUT2D eigenvalue weighted by molar-refractivity contribution is 6.15. The van der Waals surface area contributed by atoms with Crippen LogP contribution in [0.25, 0.3) is 0 Å². The number of Topliss-reactive ketones (excluding diaryl/α,β-unsaturated/α-hetero) is 5. The topological polar surface area (TPSA) is 483 Å². The van der Waals surface area contributed by atoms with Gasteiger partial charge in [-0.05, 0) is 127 Å². The second kappa shape index (κ2) is 102. The van der Waals surface area contributed by atoms with Gasteiger partial charge in [0.2, 0.25) is 0 Å². The highest BCUT2D eigenvalue weighted by Gasteiger charge is 2.35. The number of ketones is 5. The molecule has 6 aliphatic rings. The zero-order valence-corrected chi connectivity index (χ0v) is 93.7. The van der Waals surface area contributed by atoms with E-state index in [1.54, 1.807) is 78.0 Å². The van der Waals surface area contributed by atoms with E-state index in [0.29, 0.717) is 181 Å². The van der Waals surface area contributed by atoms with Gasteiger partial charge in [-0.2, -0.15) is 0 Å². The maximum Gasteiger partial charge on any atom is 0.338 e. The number of hydroxylamine groups is 2. The van der Waals surface area contributed by atoms with Crippen molar-refractivity contribution in [1.82, 2.24) is 24.7 Å². The monoisotopic (exact) mass is 2150 g/mol. The van der Waals surface area contributed by atoms with Crippen LogP contribution in [0.5, 0.6) is 0 Å². The number of imide groups is 5. The number of ether oxygens (including phenoxy) is 20. The minimum absolute atomic E-state index is 0.0522. The predicted octanol–water partition coefficient (Wildman–Crippen LogP) is 12.6. The first-order valence-corrected chi connectivity index (χ1v) is 53.2. The Morgan fingerprint density at radius 2 is 0.533 bits per heavy atom. The number of nitrogens with zero attached hydrogens (tertiary/aromatic N) is 5. The molecule has 0 N–H and O–H groups in total. The third-order valence-electron chi connectivity index (χ3n) is 22.1. The van der Waals surface area contributed by atoms with Crippen molar-refractivity contribution in [2.24, 2.45) is 11.8 Å². The lowest BCUT2D eigenvalue weighted by atomic mass is 9.83. The van der Waals surface area contributed by atoms with E-state index in [0.717, 1.165) is 156 Å². The molecule has 0 bridgehead atoms. The van der Waals surface area contributed by atoms with Crippen LogP contribution < -0.4 is 0 Å². The molecule has 6 rings (SSSR count). The Morgan fingerprint density at radius 3 is 0.813 bits per heavy atom.